The molecule has 1 aromatic rings. The van der Waals surface area contributed by atoms with Crippen molar-refractivity contribution in [1.82, 2.24) is 5.32 Å². The number of alkyl carbamates (subject to hydrolysis) is 1. The van der Waals surface area contributed by atoms with Crippen LogP contribution in [0.3, 0.4) is 0 Å². The largest absolute Gasteiger partial charge is 0.493 e. The van der Waals surface area contributed by atoms with Gasteiger partial charge in [-0.25, -0.2) is 9.59 Å². The van der Waals surface area contributed by atoms with Gasteiger partial charge in [0.25, 0.3) is 0 Å². The van der Waals surface area contributed by atoms with Crippen molar-refractivity contribution in [2.75, 3.05) is 20.3 Å². The minimum atomic E-state index is -0.501. The standard InChI is InChI=1S/C18H25NO5/c1-17(2,3)24-16(21)19-11-18(9-10-18)12-23-14-7-5-13(6-8-14)15(20)22-4/h5-8H,9-12H2,1-4H3,(H,19,21). The number of carbonyl (C=O) groups excluding carboxylic acids is 2. The number of hydrogen-bond acceptors (Lipinski definition) is 5. The Morgan fingerprint density at radius 3 is 2.29 bits per heavy atom. The fourth-order valence-electron chi connectivity index (χ4n) is 2.16. The van der Waals surface area contributed by atoms with Gasteiger partial charge >= 0.3 is 12.1 Å². The molecule has 132 valence electrons. The second-order valence-corrected chi connectivity index (χ2v) is 7.16. The predicted octanol–water partition coefficient (Wildman–Crippen LogP) is 3.16. The SMILES string of the molecule is COC(=O)c1ccc(OCC2(CNC(=O)OC(C)(C)C)CC2)cc1. The summed E-state index contributed by atoms with van der Waals surface area (Å²) in [6, 6.07) is 6.81. The lowest BCUT2D eigenvalue weighted by molar-refractivity contribution is 0.0508. The van der Waals surface area contributed by atoms with Gasteiger partial charge in [-0.2, -0.15) is 0 Å². The van der Waals surface area contributed by atoms with Crippen LogP contribution in [0, 0.1) is 5.41 Å². The Morgan fingerprint density at radius 1 is 1.17 bits per heavy atom. The molecule has 0 heterocycles. The van der Waals surface area contributed by atoms with Crippen LogP contribution in [0.1, 0.15) is 44.0 Å². The number of benzene rings is 1. The van der Waals surface area contributed by atoms with Crippen LogP contribution in [0.2, 0.25) is 0 Å². The van der Waals surface area contributed by atoms with Gasteiger partial charge in [0.2, 0.25) is 0 Å². The van der Waals surface area contributed by atoms with Crippen molar-refractivity contribution in [2.45, 2.75) is 39.2 Å². The van der Waals surface area contributed by atoms with Crippen molar-refractivity contribution in [3.63, 3.8) is 0 Å². The molecule has 1 N–H and O–H groups in total. The van der Waals surface area contributed by atoms with Gasteiger partial charge in [0.15, 0.2) is 0 Å². The Morgan fingerprint density at radius 2 is 1.79 bits per heavy atom. The van der Waals surface area contributed by atoms with Gasteiger partial charge in [-0.3, -0.25) is 0 Å². The van der Waals surface area contributed by atoms with Crippen molar-refractivity contribution < 1.29 is 23.8 Å². The summed E-state index contributed by atoms with van der Waals surface area (Å²) in [5.41, 5.74) is -0.0473. The number of nitrogens with one attached hydrogen (secondary N) is 1. The molecule has 0 saturated heterocycles. The van der Waals surface area contributed by atoms with Gasteiger partial charge in [0.1, 0.15) is 11.4 Å². The van der Waals surface area contributed by atoms with Crippen molar-refractivity contribution in [3.8, 4) is 5.75 Å². The highest BCUT2D eigenvalue weighted by Gasteiger charge is 2.44. The fourth-order valence-corrected chi connectivity index (χ4v) is 2.16. The Labute approximate surface area is 142 Å². The van der Waals surface area contributed by atoms with E-state index in [4.69, 9.17) is 9.47 Å². The first-order valence-corrected chi connectivity index (χ1v) is 8.01. The first kappa shape index (κ1) is 18.1. The predicted molar refractivity (Wildman–Crippen MR) is 89.2 cm³/mol. The minimum absolute atomic E-state index is 0.0298. The van der Waals surface area contributed by atoms with Gasteiger partial charge in [0.05, 0.1) is 19.3 Å². The fraction of sp³-hybridized carbons (Fsp3) is 0.556. The van der Waals surface area contributed by atoms with Gasteiger partial charge in [-0.05, 0) is 57.9 Å². The zero-order valence-electron chi connectivity index (χ0n) is 14.7. The van der Waals surface area contributed by atoms with E-state index in [2.05, 4.69) is 10.1 Å². The Balaban J connectivity index is 1.79. The molecule has 1 aliphatic rings. The lowest BCUT2D eigenvalue weighted by atomic mass is 10.1. The molecule has 2 rings (SSSR count). The number of amides is 1. The third-order valence-corrected chi connectivity index (χ3v) is 3.78. The summed E-state index contributed by atoms with van der Waals surface area (Å²) < 4.78 is 15.7. The molecule has 1 fully saturated rings. The molecule has 0 radical (unpaired) electrons. The van der Waals surface area contributed by atoms with E-state index in [0.29, 0.717) is 24.5 Å². The maximum absolute atomic E-state index is 11.7. The van der Waals surface area contributed by atoms with E-state index < -0.39 is 11.7 Å². The molecule has 0 spiro atoms. The summed E-state index contributed by atoms with van der Waals surface area (Å²) in [7, 11) is 1.35. The first-order chi connectivity index (χ1) is 11.2. The second-order valence-electron chi connectivity index (χ2n) is 7.16. The zero-order valence-corrected chi connectivity index (χ0v) is 14.7. The van der Waals surface area contributed by atoms with Crippen LogP contribution < -0.4 is 10.1 Å². The van der Waals surface area contributed by atoms with Crippen molar-refractivity contribution in [3.05, 3.63) is 29.8 Å². The molecule has 0 aromatic heterocycles. The van der Waals surface area contributed by atoms with Crippen LogP contribution in [0.25, 0.3) is 0 Å². The van der Waals surface area contributed by atoms with Gasteiger partial charge < -0.3 is 19.5 Å². The average molecular weight is 335 g/mol. The summed E-state index contributed by atoms with van der Waals surface area (Å²) in [6.45, 7) is 6.55. The molecular weight excluding hydrogens is 310 g/mol. The summed E-state index contributed by atoms with van der Waals surface area (Å²) in [5.74, 6) is 0.313. The first-order valence-electron chi connectivity index (χ1n) is 8.01. The summed E-state index contributed by atoms with van der Waals surface area (Å²) in [5, 5.41) is 2.81. The summed E-state index contributed by atoms with van der Waals surface area (Å²) >= 11 is 0. The Bertz CT molecular complexity index is 584. The minimum Gasteiger partial charge on any atom is -0.493 e. The van der Waals surface area contributed by atoms with E-state index in [1.807, 2.05) is 20.8 Å². The van der Waals surface area contributed by atoms with E-state index in [1.54, 1.807) is 24.3 Å². The van der Waals surface area contributed by atoms with Crippen molar-refractivity contribution in [2.24, 2.45) is 5.41 Å². The molecule has 1 aromatic carbocycles. The average Bonchev–Trinajstić information content (AvgIpc) is 3.30. The van der Waals surface area contributed by atoms with Crippen molar-refractivity contribution in [1.29, 1.82) is 0 Å². The maximum atomic E-state index is 11.7. The number of rotatable bonds is 6. The van der Waals surface area contributed by atoms with E-state index in [-0.39, 0.29) is 11.4 Å². The van der Waals surface area contributed by atoms with Gasteiger partial charge in [-0.1, -0.05) is 0 Å². The molecule has 6 heteroatoms. The van der Waals surface area contributed by atoms with E-state index in [1.165, 1.54) is 7.11 Å². The van der Waals surface area contributed by atoms with Crippen molar-refractivity contribution >= 4 is 12.1 Å². The normalized spacial score (nSPS) is 15.3. The Hall–Kier alpha value is -2.24. The zero-order chi connectivity index (χ0) is 17.8. The lowest BCUT2D eigenvalue weighted by Crippen LogP contribution is -2.37. The molecule has 1 saturated carbocycles. The molecule has 1 aliphatic carbocycles. The third kappa shape index (κ3) is 5.44. The Kier molecular flexibility index (Phi) is 5.36. The van der Waals surface area contributed by atoms with E-state index in [9.17, 15) is 9.59 Å². The molecule has 1 amide bonds. The quantitative estimate of drug-likeness (QED) is 0.808. The number of methoxy groups -OCH3 is 1. The van der Waals surface area contributed by atoms with Crippen LogP contribution in [-0.4, -0.2) is 37.9 Å². The molecule has 0 atom stereocenters. The molecule has 0 bridgehead atoms. The highest BCUT2D eigenvalue weighted by molar-refractivity contribution is 5.89. The maximum Gasteiger partial charge on any atom is 0.407 e. The van der Waals surface area contributed by atoms with Gasteiger partial charge in [0, 0.05) is 12.0 Å². The number of carbonyl (C=O) groups is 2. The molecular formula is C18H25NO5. The monoisotopic (exact) mass is 335 g/mol. The topological polar surface area (TPSA) is 73.9 Å². The lowest BCUT2D eigenvalue weighted by Gasteiger charge is -2.22. The van der Waals surface area contributed by atoms with Crippen LogP contribution in [0.15, 0.2) is 24.3 Å². The van der Waals surface area contributed by atoms with Gasteiger partial charge in [-0.15, -0.1) is 0 Å². The number of ether oxygens (including phenoxy) is 3. The molecule has 0 aliphatic heterocycles. The summed E-state index contributed by atoms with van der Waals surface area (Å²) in [6.07, 6.45) is 1.60. The van der Waals surface area contributed by atoms with E-state index in [0.717, 1.165) is 12.8 Å². The molecule has 0 unspecified atom stereocenters. The van der Waals surface area contributed by atoms with E-state index >= 15 is 0 Å². The van der Waals surface area contributed by atoms with Crippen LogP contribution in [-0.2, 0) is 9.47 Å². The molecule has 24 heavy (non-hydrogen) atoms. The highest BCUT2D eigenvalue weighted by Crippen LogP contribution is 2.45. The third-order valence-electron chi connectivity index (χ3n) is 3.78. The summed E-state index contributed by atoms with van der Waals surface area (Å²) in [4.78, 5) is 23.1. The highest BCUT2D eigenvalue weighted by atomic mass is 16.6. The van der Waals surface area contributed by atoms with Crippen LogP contribution in [0.4, 0.5) is 4.79 Å². The number of esters is 1. The van der Waals surface area contributed by atoms with Crippen LogP contribution >= 0.6 is 0 Å². The van der Waals surface area contributed by atoms with Crippen LogP contribution in [0.5, 0.6) is 5.75 Å². The smallest absolute Gasteiger partial charge is 0.407 e. The second kappa shape index (κ2) is 7.11. The number of hydrogen-bond donors (Lipinski definition) is 1. The molecule has 6 nitrogen and oxygen atoms in total.